The molecule has 1 fully saturated rings. The Bertz CT molecular complexity index is 3550. The number of aryl methyl sites for hydroxylation is 2. The van der Waals surface area contributed by atoms with Crippen LogP contribution in [-0.2, 0) is 63.6 Å². The number of carbonyl (C=O) groups is 10. The van der Waals surface area contributed by atoms with E-state index in [2.05, 4.69) is 57.0 Å². The molecule has 3 aromatic carbocycles. The minimum absolute atomic E-state index is 0.0123. The second kappa shape index (κ2) is 30.4. The minimum atomic E-state index is -1.04. The van der Waals surface area contributed by atoms with Crippen molar-refractivity contribution in [3.8, 4) is 22.6 Å². The smallest absolute Gasteiger partial charge is 0.352 e. The Balaban J connectivity index is 0.745. The van der Waals surface area contributed by atoms with Gasteiger partial charge in [0.2, 0.25) is 62.3 Å². The van der Waals surface area contributed by atoms with Crippen LogP contribution in [0.1, 0.15) is 89.9 Å². The molecule has 89 heavy (non-hydrogen) atoms. The Labute approximate surface area is 523 Å². The van der Waals surface area contributed by atoms with Crippen LogP contribution < -0.4 is 46.3 Å². The van der Waals surface area contributed by atoms with Gasteiger partial charge in [-0.1, -0.05) is 32.0 Å². The molecule has 4 atom stereocenters. The molecule has 0 spiro atoms. The van der Waals surface area contributed by atoms with Gasteiger partial charge in [-0.3, -0.25) is 68.1 Å². The van der Waals surface area contributed by atoms with Crippen LogP contribution in [0.15, 0.2) is 78.0 Å². The van der Waals surface area contributed by atoms with Crippen molar-refractivity contribution < 1.29 is 72.0 Å². The van der Waals surface area contributed by atoms with E-state index in [0.717, 1.165) is 16.0 Å². The first kappa shape index (κ1) is 66.1. The third kappa shape index (κ3) is 16.8. The number of likely N-dealkylation sites (tertiary alicyclic amines) is 1. The highest BCUT2D eigenvalue weighted by molar-refractivity contribution is 8.20. The molecule has 9 amide bonds. The Morgan fingerprint density at radius 2 is 1.49 bits per heavy atom. The number of hydrogen-bond acceptors (Lipinski definition) is 17. The maximum Gasteiger partial charge on any atom is 0.352 e. The molecule has 5 heterocycles. The fourth-order valence-electron chi connectivity index (χ4n) is 9.98. The molecule has 1 saturated heterocycles. The molecule has 29 heteroatoms. The Morgan fingerprint density at radius 3 is 2.19 bits per heavy atom. The number of carboxylic acid groups (broad SMARTS) is 1. The number of benzene rings is 3. The number of imidazole rings is 1. The van der Waals surface area contributed by atoms with Crippen LogP contribution >= 0.6 is 10.1 Å². The fraction of sp³-hybridized carbons (Fsp3) is 0.400. The number of aromatic nitrogens is 3. The van der Waals surface area contributed by atoms with E-state index < -0.39 is 53.0 Å². The monoisotopic (exact) mass is 1260 g/mol. The van der Waals surface area contributed by atoms with Crippen molar-refractivity contribution in [2.45, 2.75) is 82.7 Å². The quantitative estimate of drug-likeness (QED) is 0.0195. The first-order chi connectivity index (χ1) is 42.6. The maximum atomic E-state index is 14.4. The van der Waals surface area contributed by atoms with Crippen LogP contribution in [-0.4, -0.2) is 181 Å². The molecule has 2 radical (unpaired) electrons. The van der Waals surface area contributed by atoms with Crippen molar-refractivity contribution in [2.75, 3.05) is 74.1 Å². The molecule has 8 rings (SSSR count). The van der Waals surface area contributed by atoms with E-state index in [1.165, 1.54) is 39.5 Å². The number of aromatic carboxylic acids is 1. The Hall–Kier alpha value is -8.88. The lowest BCUT2D eigenvalue weighted by Gasteiger charge is -2.24. The number of nitrogens with one attached hydrogen (secondary N) is 6. The molecule has 0 aliphatic carbocycles. The van der Waals surface area contributed by atoms with Gasteiger partial charge >= 0.3 is 5.97 Å². The summed E-state index contributed by atoms with van der Waals surface area (Å²) >= 11 is 2.38. The Morgan fingerprint density at radius 1 is 0.753 bits per heavy atom. The van der Waals surface area contributed by atoms with Gasteiger partial charge in [-0.2, -0.15) is 0 Å². The van der Waals surface area contributed by atoms with Crippen LogP contribution in [0.5, 0.6) is 11.5 Å². The summed E-state index contributed by atoms with van der Waals surface area (Å²) in [5, 5.41) is 25.4. The first-order valence-corrected chi connectivity index (χ1v) is 31.0. The van der Waals surface area contributed by atoms with Gasteiger partial charge in [-0.05, 0) is 66.8 Å². The molecule has 2 aromatic heterocycles. The number of aliphatic imine (C=N–C) groups is 1. The van der Waals surface area contributed by atoms with E-state index in [0.29, 0.717) is 40.5 Å². The van der Waals surface area contributed by atoms with E-state index in [1.54, 1.807) is 99.9 Å². The average Bonchev–Trinajstić information content (AvgIpc) is 1.90. The number of amides is 9. The molecular weight excluding hydrogens is 1190 g/mol. The Kier molecular flexibility index (Phi) is 22.5. The zero-order valence-corrected chi connectivity index (χ0v) is 51.9. The number of methoxy groups -OCH3 is 1. The summed E-state index contributed by atoms with van der Waals surface area (Å²) in [5.41, 5.74) is 4.44. The number of anilines is 4. The van der Waals surface area contributed by atoms with E-state index >= 15 is 0 Å². The summed E-state index contributed by atoms with van der Waals surface area (Å²) in [6.45, 7) is 5.96. The lowest BCUT2D eigenvalue weighted by molar-refractivity contribution is -0.138. The van der Waals surface area contributed by atoms with Crippen LogP contribution in [0.25, 0.3) is 11.1 Å². The molecule has 0 bridgehead atoms. The molecule has 3 aliphatic rings. The summed E-state index contributed by atoms with van der Waals surface area (Å²) in [5.74, 6) is -4.30. The lowest BCUT2D eigenvalue weighted by atomic mass is 10.0. The highest BCUT2D eigenvalue weighted by atomic mass is 32.3. The number of rotatable bonds is 30. The van der Waals surface area contributed by atoms with Gasteiger partial charge in [0, 0.05) is 101 Å². The van der Waals surface area contributed by atoms with Gasteiger partial charge in [0.15, 0.2) is 17.3 Å². The molecule has 5 aromatic rings. The van der Waals surface area contributed by atoms with E-state index in [-0.39, 0.29) is 142 Å². The van der Waals surface area contributed by atoms with Crippen molar-refractivity contribution >= 4 is 119 Å². The van der Waals surface area contributed by atoms with Crippen LogP contribution in [0, 0.1) is 5.92 Å². The predicted octanol–water partition coefficient (Wildman–Crippen LogP) is 3.93. The highest BCUT2D eigenvalue weighted by Crippen LogP contribution is 2.42. The second-order valence-electron chi connectivity index (χ2n) is 21.5. The molecular formula is C60H69AlN12O15S. The largest absolute Gasteiger partial charge is 0.493 e. The third-order valence-corrected chi connectivity index (χ3v) is 16.4. The van der Waals surface area contributed by atoms with Gasteiger partial charge in [0.05, 0.1) is 68.4 Å². The van der Waals surface area contributed by atoms with E-state index in [9.17, 15) is 53.1 Å². The van der Waals surface area contributed by atoms with Gasteiger partial charge in [-0.25, -0.2) is 9.78 Å². The topological polar surface area (TPSA) is 342 Å². The van der Waals surface area contributed by atoms with Crippen molar-refractivity contribution in [3.05, 3.63) is 95.7 Å². The van der Waals surface area contributed by atoms with Crippen molar-refractivity contribution in [1.29, 1.82) is 0 Å². The van der Waals surface area contributed by atoms with Crippen molar-refractivity contribution in [3.63, 3.8) is 0 Å². The lowest BCUT2D eigenvalue weighted by Crippen LogP contribution is -2.53. The number of imide groups is 1. The zero-order chi connectivity index (χ0) is 64.1. The van der Waals surface area contributed by atoms with Crippen molar-refractivity contribution in [1.82, 2.24) is 35.0 Å². The molecule has 468 valence electrons. The highest BCUT2D eigenvalue weighted by Gasteiger charge is 2.39. The standard InChI is InChI=1S/C60H70N12O15S.Al/c1-33(2)53(68-51(75)16-20-85-22-23-86-21-17-61-49(73)15-18-71-52(76)29-47(88)59(71)81)56(78)63-34(3)55(77)65-39-14-11-36-24-40-30-62-42-28-46(45(84-6)27-41(42)58(80)72(40)43(36)26-39)87-19-7-8-50(74)66-48-32-70(5)54(67-48)57(79)64-38-12-9-35(10-13-38)37-25-44(60(82)83)69(4)31-37;/h9-14,25-28,30-34,40,47,53,88H,7-8,15-24,29H2,1-6H3,(H,61,73)(H,63,78)(H,64,79)(H,65,77)(H,66,74)(H,68,75)(H,82,83);/q;+1/p-1/t34-,40-,47?,53-;/m0./s1. The number of ether oxygens (including phenoxy) is 4. The first-order valence-electron chi connectivity index (χ1n) is 28.7. The van der Waals surface area contributed by atoms with E-state index in [4.69, 9.17) is 18.9 Å². The molecule has 27 nitrogen and oxygen atoms in total. The van der Waals surface area contributed by atoms with Gasteiger partial charge in [0.1, 0.15) is 17.8 Å². The van der Waals surface area contributed by atoms with Crippen LogP contribution in [0.4, 0.5) is 28.6 Å². The molecule has 7 N–H and O–H groups in total. The van der Waals surface area contributed by atoms with Gasteiger partial charge in [0.25, 0.3) is 11.8 Å². The normalized spacial score (nSPS) is 15.6. The summed E-state index contributed by atoms with van der Waals surface area (Å²) in [6, 6.07) is 14.4. The molecule has 1 unspecified atom stereocenters. The molecule has 3 aliphatic heterocycles. The summed E-state index contributed by atoms with van der Waals surface area (Å²) < 4.78 is 25.7. The number of carbonyl (C=O) groups excluding carboxylic acids is 9. The van der Waals surface area contributed by atoms with Gasteiger partial charge in [-0.15, -0.1) is 0 Å². The van der Waals surface area contributed by atoms with Crippen molar-refractivity contribution in [2.24, 2.45) is 25.0 Å². The SMILES string of the molecule is COc1cc2c(cc1OCCCC(=O)Nc1cn(C)c(C(=O)Nc3ccc(-c4cc(C(=O)O)n(C)c4)cc3)n1)N=C[C@@H]1Cc3ccc(NC(=O)[C@H](C)NC(=O)[C@@H](NC(=O)CCOCCOCCNC(=O)CCN4C(=O)CC([S][Al])C4=O)C(C)C)cc3N1C2=O. The average molecular weight is 1260 g/mol. The number of nitrogens with zero attached hydrogens (tertiary/aromatic N) is 6. The zero-order valence-electron chi connectivity index (χ0n) is 49.9. The fourth-order valence-corrected chi connectivity index (χ4v) is 11.1. The third-order valence-electron chi connectivity index (χ3n) is 14.7. The predicted molar refractivity (Wildman–Crippen MR) is 330 cm³/mol. The van der Waals surface area contributed by atoms with E-state index in [1.807, 2.05) is 6.07 Å². The maximum absolute atomic E-state index is 14.4. The number of carboxylic acids is 1. The molecule has 0 saturated carbocycles. The number of hydrogen-bond donors (Lipinski definition) is 7. The summed E-state index contributed by atoms with van der Waals surface area (Å²) in [7, 11) is 5.94. The van der Waals surface area contributed by atoms with Crippen LogP contribution in [0.2, 0.25) is 0 Å². The summed E-state index contributed by atoms with van der Waals surface area (Å²) in [6.07, 6.45) is 5.72. The summed E-state index contributed by atoms with van der Waals surface area (Å²) in [4.78, 5) is 140. The minimum Gasteiger partial charge on any atom is -0.493 e. The van der Waals surface area contributed by atoms with Gasteiger partial charge < -0.3 is 65.1 Å². The second-order valence-corrected chi connectivity index (χ2v) is 23.2. The number of fused-ring (bicyclic) bond motifs is 4. The van der Waals surface area contributed by atoms with Crippen LogP contribution in [0.3, 0.4) is 0 Å².